The first-order chi connectivity index (χ1) is 15.1. The molecule has 4 rings (SSSR count). The minimum atomic E-state index is -0.571. The molecule has 0 aliphatic carbocycles. The summed E-state index contributed by atoms with van der Waals surface area (Å²) in [5.74, 6) is -0.0334. The number of amidine groups is 1. The van der Waals surface area contributed by atoms with Gasteiger partial charge in [-0.3, -0.25) is 9.59 Å². The number of hydrogen-bond acceptors (Lipinski definition) is 5. The summed E-state index contributed by atoms with van der Waals surface area (Å²) in [5.41, 5.74) is 2.85. The molecule has 0 radical (unpaired) electrons. The molecule has 7 nitrogen and oxygen atoms in total. The summed E-state index contributed by atoms with van der Waals surface area (Å²) < 4.78 is 5.20. The third kappa shape index (κ3) is 4.14. The highest BCUT2D eigenvalue weighted by Crippen LogP contribution is 2.30. The summed E-state index contributed by atoms with van der Waals surface area (Å²) >= 11 is 0. The molecule has 2 amide bonds. The molecule has 152 valence electrons. The lowest BCUT2D eigenvalue weighted by atomic mass is 10.0. The number of carbonyl (C=O) groups excluding carboxylic acids is 2. The first-order valence-electron chi connectivity index (χ1n) is 9.58. The van der Waals surface area contributed by atoms with Crippen molar-refractivity contribution in [2.75, 3.05) is 0 Å². The monoisotopic (exact) mass is 410 g/mol. The van der Waals surface area contributed by atoms with Gasteiger partial charge in [-0.15, -0.1) is 0 Å². The molecule has 2 heterocycles. The number of nitriles is 1. The van der Waals surface area contributed by atoms with Gasteiger partial charge in [-0.1, -0.05) is 42.0 Å². The fraction of sp³-hybridized carbons (Fsp3) is 0.0833. The van der Waals surface area contributed by atoms with Crippen LogP contribution in [0.3, 0.4) is 0 Å². The molecule has 0 bridgehead atoms. The Morgan fingerprint density at radius 3 is 2.45 bits per heavy atom. The average molecular weight is 410 g/mol. The van der Waals surface area contributed by atoms with E-state index in [0.717, 1.165) is 5.56 Å². The summed E-state index contributed by atoms with van der Waals surface area (Å²) in [6.45, 7) is 2.09. The smallest absolute Gasteiger partial charge is 0.264 e. The first-order valence-corrected chi connectivity index (χ1v) is 9.58. The van der Waals surface area contributed by atoms with Crippen LogP contribution < -0.4 is 10.6 Å². The number of hydrogen-bond donors (Lipinski definition) is 2. The zero-order valence-corrected chi connectivity index (χ0v) is 16.7. The second kappa shape index (κ2) is 8.51. The molecule has 0 fully saturated rings. The molecule has 0 saturated heterocycles. The second-order valence-corrected chi connectivity index (χ2v) is 6.92. The van der Waals surface area contributed by atoms with Gasteiger partial charge >= 0.3 is 0 Å². The molecule has 0 atom stereocenters. The lowest BCUT2D eigenvalue weighted by Gasteiger charge is -2.06. The van der Waals surface area contributed by atoms with Crippen molar-refractivity contribution >= 4 is 23.3 Å². The Kier molecular flexibility index (Phi) is 5.45. The van der Waals surface area contributed by atoms with Crippen LogP contribution in [0, 0.1) is 18.3 Å². The number of aryl methyl sites for hydroxylation is 1. The zero-order chi connectivity index (χ0) is 21.8. The summed E-state index contributed by atoms with van der Waals surface area (Å²) in [5, 5.41) is 15.1. The predicted molar refractivity (Wildman–Crippen MR) is 115 cm³/mol. The molecule has 7 heteroatoms. The summed E-state index contributed by atoms with van der Waals surface area (Å²) in [6, 6.07) is 19.7. The van der Waals surface area contributed by atoms with Gasteiger partial charge in [-0.2, -0.15) is 5.26 Å². The topological polar surface area (TPSA) is 107 Å². The van der Waals surface area contributed by atoms with Crippen molar-refractivity contribution in [1.82, 2.24) is 10.6 Å². The van der Waals surface area contributed by atoms with Crippen molar-refractivity contribution in [2.24, 2.45) is 4.99 Å². The molecule has 1 aliphatic heterocycles. The average Bonchev–Trinajstić information content (AvgIpc) is 3.42. The van der Waals surface area contributed by atoms with Gasteiger partial charge in [0.15, 0.2) is 0 Å². The molecule has 2 N–H and O–H groups in total. The fourth-order valence-electron chi connectivity index (χ4n) is 3.18. The molecule has 3 aromatic rings. The lowest BCUT2D eigenvalue weighted by molar-refractivity contribution is -0.117. The maximum absolute atomic E-state index is 12.7. The van der Waals surface area contributed by atoms with Crippen LogP contribution in [0.2, 0.25) is 0 Å². The fourth-order valence-corrected chi connectivity index (χ4v) is 3.18. The Morgan fingerprint density at radius 2 is 1.77 bits per heavy atom. The largest absolute Gasteiger partial charge is 0.467 e. The van der Waals surface area contributed by atoms with Crippen LogP contribution in [-0.4, -0.2) is 17.6 Å². The van der Waals surface area contributed by atoms with Crippen LogP contribution in [0.4, 0.5) is 0 Å². The third-order valence-corrected chi connectivity index (χ3v) is 4.79. The van der Waals surface area contributed by atoms with Crippen molar-refractivity contribution in [3.63, 3.8) is 0 Å². The Bertz CT molecular complexity index is 1250. The number of nitrogens with zero attached hydrogens (tertiary/aromatic N) is 2. The van der Waals surface area contributed by atoms with E-state index in [9.17, 15) is 14.9 Å². The van der Waals surface area contributed by atoms with Gasteiger partial charge in [0.1, 0.15) is 23.2 Å². The maximum Gasteiger partial charge on any atom is 0.264 e. The highest BCUT2D eigenvalue weighted by Gasteiger charge is 2.27. The molecular weight excluding hydrogens is 392 g/mol. The highest BCUT2D eigenvalue weighted by molar-refractivity contribution is 6.20. The maximum atomic E-state index is 12.7. The Labute approximate surface area is 178 Å². The minimum Gasteiger partial charge on any atom is -0.467 e. The van der Waals surface area contributed by atoms with E-state index in [-0.39, 0.29) is 23.7 Å². The standard InChI is InChI=1S/C24H18N4O3/c1-15-8-10-16(11-9-15)23(29)28-22-19-7-3-2-6-18(19)21(27-22)20(13-25)24(30)26-14-17-5-4-12-31-17/h2-12H,14H2,1H3,(H,26,30)(H,27,28,29). The lowest BCUT2D eigenvalue weighted by Crippen LogP contribution is -2.30. The molecule has 0 spiro atoms. The number of fused-ring (bicyclic) bond motifs is 1. The summed E-state index contributed by atoms with van der Waals surface area (Å²) in [4.78, 5) is 29.8. The van der Waals surface area contributed by atoms with Gasteiger partial charge in [0, 0.05) is 16.7 Å². The molecule has 1 aliphatic rings. The van der Waals surface area contributed by atoms with E-state index < -0.39 is 5.91 Å². The number of amides is 2. The van der Waals surface area contributed by atoms with Crippen LogP contribution >= 0.6 is 0 Å². The van der Waals surface area contributed by atoms with Gasteiger partial charge < -0.3 is 15.1 Å². The highest BCUT2D eigenvalue weighted by atomic mass is 16.3. The van der Waals surface area contributed by atoms with E-state index in [2.05, 4.69) is 15.6 Å². The number of aliphatic imine (C=N–C) groups is 1. The molecule has 0 unspecified atom stereocenters. The normalized spacial score (nSPS) is 13.6. The van der Waals surface area contributed by atoms with Crippen molar-refractivity contribution in [2.45, 2.75) is 13.5 Å². The summed E-state index contributed by atoms with van der Waals surface area (Å²) in [7, 11) is 0. The van der Waals surface area contributed by atoms with Gasteiger partial charge in [-0.25, -0.2) is 4.99 Å². The molecule has 2 aromatic carbocycles. The van der Waals surface area contributed by atoms with Crippen LogP contribution in [0.25, 0.3) is 5.70 Å². The number of nitrogens with one attached hydrogen (secondary N) is 2. The number of carbonyl (C=O) groups is 2. The van der Waals surface area contributed by atoms with Gasteiger partial charge in [0.2, 0.25) is 0 Å². The third-order valence-electron chi connectivity index (χ3n) is 4.79. The number of furan rings is 1. The molecule has 31 heavy (non-hydrogen) atoms. The van der Waals surface area contributed by atoms with Crippen molar-refractivity contribution < 1.29 is 14.0 Å². The van der Waals surface area contributed by atoms with Crippen molar-refractivity contribution in [3.8, 4) is 6.07 Å². The predicted octanol–water partition coefficient (Wildman–Crippen LogP) is 3.33. The molecule has 1 aromatic heterocycles. The van der Waals surface area contributed by atoms with E-state index in [1.807, 2.05) is 25.1 Å². The Balaban J connectivity index is 1.64. The molecular formula is C24H18N4O3. The SMILES string of the molecule is Cc1ccc(C(=O)NC2=NC(=C(C#N)C(=O)NCc3ccco3)c3ccccc32)cc1. The zero-order valence-electron chi connectivity index (χ0n) is 16.7. The van der Waals surface area contributed by atoms with E-state index >= 15 is 0 Å². The quantitative estimate of drug-likeness (QED) is 0.508. The number of benzene rings is 2. The van der Waals surface area contributed by atoms with Gasteiger partial charge in [-0.05, 0) is 31.2 Å². The summed E-state index contributed by atoms with van der Waals surface area (Å²) in [6.07, 6.45) is 1.51. The minimum absolute atomic E-state index is 0.140. The van der Waals surface area contributed by atoms with E-state index in [0.29, 0.717) is 28.3 Å². The van der Waals surface area contributed by atoms with Gasteiger partial charge in [0.25, 0.3) is 11.8 Å². The van der Waals surface area contributed by atoms with E-state index in [1.54, 1.807) is 48.5 Å². The van der Waals surface area contributed by atoms with Crippen LogP contribution in [0.5, 0.6) is 0 Å². The van der Waals surface area contributed by atoms with E-state index in [4.69, 9.17) is 4.42 Å². The van der Waals surface area contributed by atoms with Crippen molar-refractivity contribution in [1.29, 1.82) is 5.26 Å². The number of rotatable bonds is 4. The van der Waals surface area contributed by atoms with Crippen LogP contribution in [0.15, 0.2) is 81.9 Å². The van der Waals surface area contributed by atoms with Crippen LogP contribution in [0.1, 0.15) is 32.8 Å². The van der Waals surface area contributed by atoms with Gasteiger partial charge in [0.05, 0.1) is 18.5 Å². The van der Waals surface area contributed by atoms with Crippen molar-refractivity contribution in [3.05, 3.63) is 101 Å². The Morgan fingerprint density at radius 1 is 1.03 bits per heavy atom. The second-order valence-electron chi connectivity index (χ2n) is 6.92. The Hall–Kier alpha value is -4.44. The van der Waals surface area contributed by atoms with Crippen LogP contribution in [-0.2, 0) is 11.3 Å². The first kappa shape index (κ1) is 19.9. The van der Waals surface area contributed by atoms with E-state index in [1.165, 1.54) is 6.26 Å². The molecule has 0 saturated carbocycles.